The topological polar surface area (TPSA) is 48.2 Å². The number of hydrogen-bond acceptors (Lipinski definition) is 4. The zero-order chi connectivity index (χ0) is 20.6. The number of nitrogens with zero attached hydrogens (tertiary/aromatic N) is 4. The summed E-state index contributed by atoms with van der Waals surface area (Å²) in [5.74, 6) is 0.517. The van der Waals surface area contributed by atoms with Crippen molar-refractivity contribution < 1.29 is 13.2 Å². The number of benzene rings is 1. The minimum atomic E-state index is -4.45. The summed E-state index contributed by atoms with van der Waals surface area (Å²) in [5.41, 5.74) is 1.63. The minimum absolute atomic E-state index is 0.114. The third kappa shape index (κ3) is 3.92. The molecular weight excluding hydrogens is 367 g/mol. The number of aromatic nitrogens is 2. The average Bonchev–Trinajstić information content (AvgIpc) is 2.63. The molecule has 0 aliphatic carbocycles. The summed E-state index contributed by atoms with van der Waals surface area (Å²) in [4.78, 5) is 8.89. The lowest BCUT2D eigenvalue weighted by Crippen LogP contribution is -2.47. The van der Waals surface area contributed by atoms with Gasteiger partial charge in [0.2, 0.25) is 0 Å². The van der Waals surface area contributed by atoms with Crippen molar-refractivity contribution in [3.05, 3.63) is 34.3 Å². The largest absolute Gasteiger partial charge is 0.416 e. The maximum absolute atomic E-state index is 13.4. The number of anilines is 1. The standard InChI is InChI=1S/C20H26F3N5/c1-5-13(2)12-28-16-11-15(20(21,22)23)10-14(3)17(16)25-19(18(28)24)27-8-6-26(4)7-9-27/h10-12,24H,5-9H2,1-4H3. The van der Waals surface area contributed by atoms with Crippen LogP contribution in [0.4, 0.5) is 19.0 Å². The maximum Gasteiger partial charge on any atom is 0.416 e. The predicted octanol–water partition coefficient (Wildman–Crippen LogP) is 3.87. The molecule has 1 aromatic heterocycles. The summed E-state index contributed by atoms with van der Waals surface area (Å²) in [6.07, 6.45) is -1.94. The van der Waals surface area contributed by atoms with Crippen LogP contribution < -0.4 is 10.4 Å². The smallest absolute Gasteiger partial charge is 0.351 e. The molecule has 3 rings (SSSR count). The molecule has 2 aromatic rings. The van der Waals surface area contributed by atoms with Crippen LogP contribution in [0.3, 0.4) is 0 Å². The van der Waals surface area contributed by atoms with E-state index in [1.54, 1.807) is 17.7 Å². The van der Waals surface area contributed by atoms with E-state index in [-0.39, 0.29) is 5.49 Å². The molecule has 1 saturated heterocycles. The van der Waals surface area contributed by atoms with E-state index in [1.165, 1.54) is 0 Å². The minimum Gasteiger partial charge on any atom is -0.351 e. The van der Waals surface area contributed by atoms with Gasteiger partial charge in [-0.1, -0.05) is 12.5 Å². The number of rotatable bonds is 3. The summed E-state index contributed by atoms with van der Waals surface area (Å²) in [7, 11) is 2.04. The fraction of sp³-hybridized carbons (Fsp3) is 0.500. The Bertz CT molecular complexity index is 966. The quantitative estimate of drug-likeness (QED) is 0.861. The van der Waals surface area contributed by atoms with Crippen LogP contribution in [0.5, 0.6) is 0 Å². The third-order valence-electron chi connectivity index (χ3n) is 5.25. The molecule has 1 fully saturated rings. The van der Waals surface area contributed by atoms with Crippen LogP contribution in [0.25, 0.3) is 17.2 Å². The van der Waals surface area contributed by atoms with Crippen molar-refractivity contribution in [2.75, 3.05) is 38.1 Å². The SMILES string of the molecule is CCC(C)=Cn1c(=N)c(N2CCN(C)CC2)nc2c(C)cc(C(F)(F)F)cc21. The van der Waals surface area contributed by atoms with Gasteiger partial charge in [0.15, 0.2) is 11.3 Å². The zero-order valence-corrected chi connectivity index (χ0v) is 16.7. The van der Waals surface area contributed by atoms with E-state index in [2.05, 4.69) is 9.88 Å². The number of halogens is 3. The van der Waals surface area contributed by atoms with Crippen LogP contribution >= 0.6 is 0 Å². The molecular formula is C20H26F3N5. The third-order valence-corrected chi connectivity index (χ3v) is 5.25. The summed E-state index contributed by atoms with van der Waals surface area (Å²) >= 11 is 0. The Morgan fingerprint density at radius 1 is 1.21 bits per heavy atom. The predicted molar refractivity (Wildman–Crippen MR) is 105 cm³/mol. The summed E-state index contributed by atoms with van der Waals surface area (Å²) in [6.45, 7) is 8.71. The molecule has 28 heavy (non-hydrogen) atoms. The van der Waals surface area contributed by atoms with Crippen molar-refractivity contribution in [1.82, 2.24) is 14.5 Å². The van der Waals surface area contributed by atoms with Gasteiger partial charge < -0.3 is 9.80 Å². The molecule has 0 radical (unpaired) electrons. The lowest BCUT2D eigenvalue weighted by Gasteiger charge is -2.33. The zero-order valence-electron chi connectivity index (χ0n) is 16.7. The fourth-order valence-corrected chi connectivity index (χ4v) is 3.33. The van der Waals surface area contributed by atoms with Gasteiger partial charge in [0.25, 0.3) is 0 Å². The highest BCUT2D eigenvalue weighted by Crippen LogP contribution is 2.33. The number of likely N-dealkylation sites (N-methyl/N-ethyl adjacent to an activating group) is 1. The Morgan fingerprint density at radius 3 is 2.43 bits per heavy atom. The lowest BCUT2D eigenvalue weighted by molar-refractivity contribution is -0.137. The summed E-state index contributed by atoms with van der Waals surface area (Å²) in [5, 5.41) is 8.70. The number of allylic oxidation sites excluding steroid dienone is 1. The van der Waals surface area contributed by atoms with E-state index in [9.17, 15) is 13.2 Å². The van der Waals surface area contributed by atoms with Gasteiger partial charge in [0.1, 0.15) is 0 Å². The molecule has 2 heterocycles. The average molecular weight is 393 g/mol. The Labute approximate surface area is 162 Å². The molecule has 0 atom stereocenters. The van der Waals surface area contributed by atoms with Crippen LogP contribution in [-0.4, -0.2) is 47.7 Å². The van der Waals surface area contributed by atoms with Crippen molar-refractivity contribution in [1.29, 1.82) is 5.41 Å². The highest BCUT2D eigenvalue weighted by molar-refractivity contribution is 5.82. The van der Waals surface area contributed by atoms with E-state index in [0.717, 1.165) is 50.3 Å². The van der Waals surface area contributed by atoms with Crippen molar-refractivity contribution >= 4 is 23.1 Å². The van der Waals surface area contributed by atoms with E-state index in [0.29, 0.717) is 22.4 Å². The summed E-state index contributed by atoms with van der Waals surface area (Å²) in [6, 6.07) is 2.23. The Morgan fingerprint density at radius 2 is 1.86 bits per heavy atom. The van der Waals surface area contributed by atoms with E-state index in [4.69, 9.17) is 5.41 Å². The molecule has 1 aliphatic rings. The highest BCUT2D eigenvalue weighted by Gasteiger charge is 2.32. The molecule has 0 unspecified atom stereocenters. The number of aryl methyl sites for hydroxylation is 1. The lowest BCUT2D eigenvalue weighted by atomic mass is 10.1. The molecule has 1 aromatic carbocycles. The van der Waals surface area contributed by atoms with E-state index >= 15 is 0 Å². The molecule has 152 valence electrons. The van der Waals surface area contributed by atoms with Crippen molar-refractivity contribution in [3.63, 3.8) is 0 Å². The first-order valence-corrected chi connectivity index (χ1v) is 9.41. The van der Waals surface area contributed by atoms with Gasteiger partial charge in [-0.2, -0.15) is 13.2 Å². The molecule has 1 aliphatic heterocycles. The molecule has 1 N–H and O–H groups in total. The van der Waals surface area contributed by atoms with Crippen LogP contribution in [0, 0.1) is 12.3 Å². The van der Waals surface area contributed by atoms with Gasteiger partial charge in [0, 0.05) is 32.4 Å². The van der Waals surface area contributed by atoms with Gasteiger partial charge in [0.05, 0.1) is 16.6 Å². The van der Waals surface area contributed by atoms with Crippen molar-refractivity contribution in [3.8, 4) is 0 Å². The second-order valence-electron chi connectivity index (χ2n) is 7.43. The Hall–Kier alpha value is -2.35. The first kappa shape index (κ1) is 20.4. The number of hydrogen-bond donors (Lipinski definition) is 1. The normalized spacial score (nSPS) is 16.8. The number of fused-ring (bicyclic) bond motifs is 1. The van der Waals surface area contributed by atoms with Gasteiger partial charge in [-0.05, 0) is 45.0 Å². The first-order valence-electron chi connectivity index (χ1n) is 9.41. The van der Waals surface area contributed by atoms with E-state index < -0.39 is 11.7 Å². The second-order valence-corrected chi connectivity index (χ2v) is 7.43. The van der Waals surface area contributed by atoms with Crippen LogP contribution in [0.2, 0.25) is 0 Å². The molecule has 0 saturated carbocycles. The Kier molecular flexibility index (Phi) is 5.52. The van der Waals surface area contributed by atoms with Gasteiger partial charge in [-0.15, -0.1) is 0 Å². The van der Waals surface area contributed by atoms with Crippen LogP contribution in [0.15, 0.2) is 17.7 Å². The van der Waals surface area contributed by atoms with Gasteiger partial charge in [-0.3, -0.25) is 9.98 Å². The monoisotopic (exact) mass is 393 g/mol. The fourth-order valence-electron chi connectivity index (χ4n) is 3.33. The van der Waals surface area contributed by atoms with Gasteiger partial charge in [-0.25, -0.2) is 4.98 Å². The number of alkyl halides is 3. The van der Waals surface area contributed by atoms with Crippen LogP contribution in [-0.2, 0) is 6.18 Å². The summed E-state index contributed by atoms with van der Waals surface area (Å²) < 4.78 is 41.6. The Balaban J connectivity index is 2.29. The number of piperazine rings is 1. The highest BCUT2D eigenvalue weighted by atomic mass is 19.4. The molecule has 5 nitrogen and oxygen atoms in total. The molecule has 0 amide bonds. The number of nitrogens with one attached hydrogen (secondary N) is 1. The van der Waals surface area contributed by atoms with Crippen molar-refractivity contribution in [2.24, 2.45) is 0 Å². The van der Waals surface area contributed by atoms with Crippen molar-refractivity contribution in [2.45, 2.75) is 33.4 Å². The molecule has 0 bridgehead atoms. The second kappa shape index (κ2) is 7.58. The molecule has 0 spiro atoms. The maximum atomic E-state index is 13.4. The van der Waals surface area contributed by atoms with Crippen LogP contribution in [0.1, 0.15) is 31.4 Å². The van der Waals surface area contributed by atoms with E-state index in [1.807, 2.05) is 25.8 Å². The molecule has 8 heteroatoms. The first-order chi connectivity index (χ1) is 13.1. The van der Waals surface area contributed by atoms with Gasteiger partial charge >= 0.3 is 6.18 Å².